The number of β-amino-alcohol motifs (C(OH)–C–C–N with tert-alkyl or cyclic N) is 1. The molecule has 0 unspecified atom stereocenters. The number of likely N-dealkylation sites (tertiary alicyclic amines) is 1. The number of hydrogen-bond donors (Lipinski definition) is 2. The van der Waals surface area contributed by atoms with Crippen LogP contribution in [0.25, 0.3) is 0 Å². The molecule has 0 aliphatic carbocycles. The maximum Gasteiger partial charge on any atom is 0.279 e. The van der Waals surface area contributed by atoms with E-state index in [1.165, 1.54) is 25.1 Å². The molecule has 7 nitrogen and oxygen atoms in total. The van der Waals surface area contributed by atoms with Gasteiger partial charge in [-0.15, -0.1) is 0 Å². The van der Waals surface area contributed by atoms with E-state index in [1.807, 2.05) is 0 Å². The Morgan fingerprint density at radius 3 is 2.68 bits per heavy atom. The molecule has 1 aliphatic rings. The molecule has 2 atom stereocenters. The topological polar surface area (TPSA) is 90.0 Å². The first kappa shape index (κ1) is 19.8. The van der Waals surface area contributed by atoms with Crippen LogP contribution < -0.4 is 4.72 Å². The number of hydrogen-bond acceptors (Lipinski definition) is 4. The third kappa shape index (κ3) is 5.21. The molecule has 140 valence electrons. The van der Waals surface area contributed by atoms with E-state index in [0.29, 0.717) is 18.5 Å². The Morgan fingerprint density at radius 2 is 2.08 bits per heavy atom. The molecule has 1 saturated heterocycles. The van der Waals surface area contributed by atoms with Gasteiger partial charge in [0.05, 0.1) is 12.1 Å². The quantitative estimate of drug-likeness (QED) is 0.741. The van der Waals surface area contributed by atoms with Gasteiger partial charge in [0.1, 0.15) is 5.82 Å². The van der Waals surface area contributed by atoms with E-state index in [4.69, 9.17) is 0 Å². The lowest BCUT2D eigenvalue weighted by molar-refractivity contribution is -0.134. The fourth-order valence-electron chi connectivity index (χ4n) is 2.69. The van der Waals surface area contributed by atoms with E-state index in [1.54, 1.807) is 18.2 Å². The predicted molar refractivity (Wildman–Crippen MR) is 91.5 cm³/mol. The third-order valence-electron chi connectivity index (χ3n) is 4.28. The summed E-state index contributed by atoms with van der Waals surface area (Å²) in [4.78, 5) is 13.8. The van der Waals surface area contributed by atoms with Crippen LogP contribution in [0.4, 0.5) is 4.39 Å². The monoisotopic (exact) mass is 373 g/mol. The number of benzene rings is 1. The molecule has 0 aromatic heterocycles. The summed E-state index contributed by atoms with van der Waals surface area (Å²) in [5.74, 6) is -0.525. The molecule has 2 rings (SSSR count). The standard InChI is InChI=1S/C16H24FN3O4S/c1-19(2)25(23,24)18-14-9-10-20(11-15(14)21)16(22)8-7-12-5-3-4-6-13(12)17/h3-6,14-15,18,21H,7-11H2,1-2H3/t14-,15-/m1/s1. The molecule has 0 bridgehead atoms. The van der Waals surface area contributed by atoms with Crippen molar-refractivity contribution in [3.8, 4) is 0 Å². The number of rotatable bonds is 6. The highest BCUT2D eigenvalue weighted by atomic mass is 32.2. The first-order chi connectivity index (χ1) is 11.7. The van der Waals surface area contributed by atoms with Crippen molar-refractivity contribution in [1.82, 2.24) is 13.9 Å². The molecule has 1 fully saturated rings. The van der Waals surface area contributed by atoms with E-state index in [0.717, 1.165) is 4.31 Å². The summed E-state index contributed by atoms with van der Waals surface area (Å²) in [7, 11) is -0.843. The minimum atomic E-state index is -3.64. The van der Waals surface area contributed by atoms with Crippen molar-refractivity contribution in [2.24, 2.45) is 0 Å². The van der Waals surface area contributed by atoms with Crippen LogP contribution in [-0.2, 0) is 21.4 Å². The highest BCUT2D eigenvalue weighted by Crippen LogP contribution is 2.15. The number of nitrogens with one attached hydrogen (secondary N) is 1. The number of aliphatic hydroxyl groups excluding tert-OH is 1. The van der Waals surface area contributed by atoms with E-state index in [9.17, 15) is 22.7 Å². The van der Waals surface area contributed by atoms with Crippen molar-refractivity contribution in [2.75, 3.05) is 27.2 Å². The zero-order chi connectivity index (χ0) is 18.6. The summed E-state index contributed by atoms with van der Waals surface area (Å²) in [6.45, 7) is 0.393. The molecule has 1 aromatic carbocycles. The molecule has 1 heterocycles. The van der Waals surface area contributed by atoms with E-state index in [-0.39, 0.29) is 31.1 Å². The number of aliphatic hydroxyl groups is 1. The molecule has 9 heteroatoms. The van der Waals surface area contributed by atoms with Crippen LogP contribution in [-0.4, -0.2) is 68.0 Å². The number of amides is 1. The van der Waals surface area contributed by atoms with Gasteiger partial charge in [0.2, 0.25) is 5.91 Å². The molecule has 25 heavy (non-hydrogen) atoms. The second-order valence-electron chi connectivity index (χ2n) is 6.30. The molecular weight excluding hydrogens is 349 g/mol. The van der Waals surface area contributed by atoms with Gasteiger partial charge < -0.3 is 10.0 Å². The van der Waals surface area contributed by atoms with Crippen LogP contribution in [0.2, 0.25) is 0 Å². The van der Waals surface area contributed by atoms with Crippen molar-refractivity contribution in [1.29, 1.82) is 0 Å². The summed E-state index contributed by atoms with van der Waals surface area (Å²) < 4.78 is 40.7. The minimum Gasteiger partial charge on any atom is -0.390 e. The molecule has 0 saturated carbocycles. The van der Waals surface area contributed by atoms with Gasteiger partial charge >= 0.3 is 0 Å². The zero-order valence-electron chi connectivity index (χ0n) is 14.4. The van der Waals surface area contributed by atoms with Crippen LogP contribution in [0, 0.1) is 5.82 Å². The summed E-state index contributed by atoms with van der Waals surface area (Å²) in [6, 6.07) is 5.67. The maximum absolute atomic E-state index is 13.6. The average molecular weight is 373 g/mol. The lowest BCUT2D eigenvalue weighted by atomic mass is 10.0. The summed E-state index contributed by atoms with van der Waals surface area (Å²) >= 11 is 0. The normalized spacial score (nSPS) is 21.6. The molecular formula is C16H24FN3O4S. The van der Waals surface area contributed by atoms with Crippen LogP contribution in [0.15, 0.2) is 24.3 Å². The Balaban J connectivity index is 1.87. The highest BCUT2D eigenvalue weighted by molar-refractivity contribution is 7.87. The second kappa shape index (κ2) is 8.22. The number of carbonyl (C=O) groups excluding carboxylic acids is 1. The minimum absolute atomic E-state index is 0.0523. The van der Waals surface area contributed by atoms with Crippen molar-refractivity contribution in [3.63, 3.8) is 0 Å². The number of carbonyl (C=O) groups is 1. The highest BCUT2D eigenvalue weighted by Gasteiger charge is 2.33. The Bertz CT molecular complexity index is 711. The van der Waals surface area contributed by atoms with Gasteiger partial charge in [-0.05, 0) is 24.5 Å². The van der Waals surface area contributed by atoms with Gasteiger partial charge in [-0.1, -0.05) is 18.2 Å². The number of aryl methyl sites for hydroxylation is 1. The van der Waals surface area contributed by atoms with Gasteiger partial charge in [0.15, 0.2) is 0 Å². The molecule has 0 radical (unpaired) electrons. The number of halogens is 1. The Labute approximate surface area is 147 Å². The van der Waals surface area contributed by atoms with Crippen molar-refractivity contribution >= 4 is 16.1 Å². The van der Waals surface area contributed by atoms with E-state index < -0.39 is 22.4 Å². The summed E-state index contributed by atoms with van der Waals surface area (Å²) in [5.41, 5.74) is 0.477. The smallest absolute Gasteiger partial charge is 0.279 e. The van der Waals surface area contributed by atoms with Crippen LogP contribution in [0.5, 0.6) is 0 Å². The van der Waals surface area contributed by atoms with Crippen LogP contribution in [0.3, 0.4) is 0 Å². The summed E-state index contributed by atoms with van der Waals surface area (Å²) in [6.07, 6.45) is -0.239. The van der Waals surface area contributed by atoms with Crippen LogP contribution in [0.1, 0.15) is 18.4 Å². The maximum atomic E-state index is 13.6. The second-order valence-corrected chi connectivity index (χ2v) is 8.22. The molecule has 1 amide bonds. The molecule has 1 aromatic rings. The fraction of sp³-hybridized carbons (Fsp3) is 0.562. The first-order valence-electron chi connectivity index (χ1n) is 8.09. The average Bonchev–Trinajstić information content (AvgIpc) is 2.55. The Kier molecular flexibility index (Phi) is 6.50. The van der Waals surface area contributed by atoms with Gasteiger partial charge in [0.25, 0.3) is 10.2 Å². The first-order valence-corrected chi connectivity index (χ1v) is 9.53. The molecule has 1 aliphatic heterocycles. The largest absolute Gasteiger partial charge is 0.390 e. The van der Waals surface area contributed by atoms with Crippen molar-refractivity contribution in [2.45, 2.75) is 31.4 Å². The summed E-state index contributed by atoms with van der Waals surface area (Å²) in [5, 5.41) is 10.2. The lowest BCUT2D eigenvalue weighted by Crippen LogP contribution is -2.56. The van der Waals surface area contributed by atoms with Crippen molar-refractivity contribution in [3.05, 3.63) is 35.6 Å². The van der Waals surface area contributed by atoms with Gasteiger partial charge in [-0.2, -0.15) is 17.4 Å². The van der Waals surface area contributed by atoms with Crippen molar-refractivity contribution < 1.29 is 22.7 Å². The van der Waals surface area contributed by atoms with Gasteiger partial charge in [-0.25, -0.2) is 4.39 Å². The van der Waals surface area contributed by atoms with E-state index in [2.05, 4.69) is 4.72 Å². The number of piperidine rings is 1. The SMILES string of the molecule is CN(C)S(=O)(=O)N[C@@H]1CCN(C(=O)CCc2ccccc2F)C[C@H]1O. The number of nitrogens with zero attached hydrogens (tertiary/aromatic N) is 2. The van der Waals surface area contributed by atoms with Gasteiger partial charge in [0, 0.05) is 33.6 Å². The lowest BCUT2D eigenvalue weighted by Gasteiger charge is -2.36. The van der Waals surface area contributed by atoms with Crippen LogP contribution >= 0.6 is 0 Å². The Morgan fingerprint density at radius 1 is 1.40 bits per heavy atom. The molecule has 2 N–H and O–H groups in total. The molecule has 0 spiro atoms. The van der Waals surface area contributed by atoms with E-state index >= 15 is 0 Å². The van der Waals surface area contributed by atoms with Gasteiger partial charge in [-0.3, -0.25) is 4.79 Å². The Hall–Kier alpha value is -1.55. The zero-order valence-corrected chi connectivity index (χ0v) is 15.2. The fourth-order valence-corrected chi connectivity index (χ4v) is 3.56. The predicted octanol–water partition coefficient (Wildman–Crippen LogP) is 0.116. The third-order valence-corrected chi connectivity index (χ3v) is 5.84.